The number of nitrogens with zero attached hydrogens (tertiary/aromatic N) is 1. The molecule has 0 saturated heterocycles. The van der Waals surface area contributed by atoms with E-state index < -0.39 is 30.0 Å². The zero-order chi connectivity index (χ0) is 24.3. The molecule has 0 spiro atoms. The Morgan fingerprint density at radius 3 is 2.06 bits per heavy atom. The second-order valence-corrected chi connectivity index (χ2v) is 8.07. The number of carbonyl (C=O) groups is 3. The number of ether oxygens (including phenoxy) is 1. The van der Waals surface area contributed by atoms with Gasteiger partial charge >= 0.3 is 18.0 Å². The Labute approximate surface area is 202 Å². The highest BCUT2D eigenvalue weighted by molar-refractivity contribution is 6.18. The van der Waals surface area contributed by atoms with Gasteiger partial charge in [0.25, 0.3) is 0 Å². The maximum Gasteiger partial charge on any atom is 0.413 e. The first-order valence-electron chi connectivity index (χ1n) is 10.3. The first-order valence-corrected chi connectivity index (χ1v) is 11.3. The number of carboxylic acid groups (broad SMARTS) is 2. The lowest BCUT2D eigenvalue weighted by Crippen LogP contribution is -2.57. The molecule has 0 heterocycles. The van der Waals surface area contributed by atoms with Crippen LogP contribution in [0.4, 0.5) is 10.5 Å². The maximum absolute atomic E-state index is 12.6. The summed E-state index contributed by atoms with van der Waals surface area (Å²) in [5, 5.41) is 21.4. The molecule has 1 amide bonds. The summed E-state index contributed by atoms with van der Waals surface area (Å²) in [5.74, 6) is -1.47. The Morgan fingerprint density at radius 2 is 1.55 bits per heavy atom. The molecule has 0 aliphatic rings. The van der Waals surface area contributed by atoms with Crippen molar-refractivity contribution in [1.82, 2.24) is 5.32 Å². The summed E-state index contributed by atoms with van der Waals surface area (Å²) in [6.45, 7) is 1.19. The van der Waals surface area contributed by atoms with Crippen molar-refractivity contribution in [2.24, 2.45) is 0 Å². The van der Waals surface area contributed by atoms with Crippen molar-refractivity contribution < 1.29 is 29.3 Å². The highest BCUT2D eigenvalue weighted by Gasteiger charge is 2.41. The van der Waals surface area contributed by atoms with Gasteiger partial charge in [-0.05, 0) is 36.2 Å². The third kappa shape index (κ3) is 8.14. The summed E-state index contributed by atoms with van der Waals surface area (Å²) in [7, 11) is 0. The smallest absolute Gasteiger partial charge is 0.413 e. The van der Waals surface area contributed by atoms with E-state index in [0.29, 0.717) is 30.4 Å². The molecular formula is C23H26Cl2N2O6. The SMILES string of the molecule is O=C(O)CC[C@](Cc1ccccc1)(NC(=O)Oc1ccc(N(CCCl)CCCl)cc1)C(=O)O. The number of rotatable bonds is 13. The molecule has 0 radical (unpaired) electrons. The van der Waals surface area contributed by atoms with Gasteiger partial charge in [-0.2, -0.15) is 0 Å². The van der Waals surface area contributed by atoms with Gasteiger partial charge in [0.1, 0.15) is 11.3 Å². The molecule has 2 aromatic rings. The molecule has 0 fully saturated rings. The molecule has 2 rings (SSSR count). The van der Waals surface area contributed by atoms with Gasteiger partial charge in [0, 0.05) is 43.4 Å². The summed E-state index contributed by atoms with van der Waals surface area (Å²) < 4.78 is 5.29. The molecule has 1 atom stereocenters. The van der Waals surface area contributed by atoms with Crippen LogP contribution in [-0.2, 0) is 16.0 Å². The number of nitrogens with one attached hydrogen (secondary N) is 1. The summed E-state index contributed by atoms with van der Waals surface area (Å²) in [6.07, 6.45) is -1.85. The van der Waals surface area contributed by atoms with E-state index in [9.17, 15) is 19.5 Å². The number of carboxylic acids is 2. The number of benzene rings is 2. The van der Waals surface area contributed by atoms with Crippen LogP contribution in [0, 0.1) is 0 Å². The van der Waals surface area contributed by atoms with Crippen molar-refractivity contribution in [3.63, 3.8) is 0 Å². The number of anilines is 1. The second-order valence-electron chi connectivity index (χ2n) is 7.32. The summed E-state index contributed by atoms with van der Waals surface area (Å²) in [6, 6.07) is 15.3. The van der Waals surface area contributed by atoms with Crippen LogP contribution in [0.25, 0.3) is 0 Å². The van der Waals surface area contributed by atoms with Crippen LogP contribution in [0.1, 0.15) is 18.4 Å². The van der Waals surface area contributed by atoms with Gasteiger partial charge in [0.05, 0.1) is 0 Å². The van der Waals surface area contributed by atoms with Gasteiger partial charge in [-0.15, -0.1) is 23.2 Å². The van der Waals surface area contributed by atoms with E-state index in [2.05, 4.69) is 5.32 Å². The van der Waals surface area contributed by atoms with Gasteiger partial charge in [-0.25, -0.2) is 9.59 Å². The fraction of sp³-hybridized carbons (Fsp3) is 0.348. The second kappa shape index (κ2) is 12.9. The molecule has 0 unspecified atom stereocenters. The Bertz CT molecular complexity index is 920. The Hall–Kier alpha value is -2.97. The summed E-state index contributed by atoms with van der Waals surface area (Å²) in [4.78, 5) is 37.9. The first kappa shape index (κ1) is 26.3. The number of amides is 1. The number of carbonyl (C=O) groups excluding carboxylic acids is 1. The molecule has 33 heavy (non-hydrogen) atoms. The van der Waals surface area contributed by atoms with E-state index in [-0.39, 0.29) is 18.6 Å². The lowest BCUT2D eigenvalue weighted by atomic mass is 9.86. The average molecular weight is 497 g/mol. The van der Waals surface area contributed by atoms with Gasteiger partial charge in [0.15, 0.2) is 0 Å². The van der Waals surface area contributed by atoms with Crippen molar-refractivity contribution in [3.05, 3.63) is 60.2 Å². The van der Waals surface area contributed by atoms with E-state index in [4.69, 9.17) is 33.0 Å². The maximum atomic E-state index is 12.6. The van der Waals surface area contributed by atoms with Crippen LogP contribution >= 0.6 is 23.2 Å². The molecule has 0 aliphatic carbocycles. The van der Waals surface area contributed by atoms with Crippen LogP contribution in [0.2, 0.25) is 0 Å². The lowest BCUT2D eigenvalue weighted by Gasteiger charge is -2.30. The molecule has 0 saturated carbocycles. The minimum Gasteiger partial charge on any atom is -0.481 e. The fourth-order valence-electron chi connectivity index (χ4n) is 3.32. The van der Waals surface area contributed by atoms with Crippen molar-refractivity contribution in [1.29, 1.82) is 0 Å². The van der Waals surface area contributed by atoms with Crippen LogP contribution in [0.15, 0.2) is 54.6 Å². The quantitative estimate of drug-likeness (QED) is 0.359. The minimum absolute atomic E-state index is 0.101. The minimum atomic E-state index is -1.85. The zero-order valence-corrected chi connectivity index (χ0v) is 19.4. The Balaban J connectivity index is 2.17. The molecule has 0 aliphatic heterocycles. The van der Waals surface area contributed by atoms with E-state index in [1.54, 1.807) is 54.6 Å². The molecular weight excluding hydrogens is 471 g/mol. The van der Waals surface area contributed by atoms with E-state index >= 15 is 0 Å². The third-order valence-electron chi connectivity index (χ3n) is 4.99. The summed E-state index contributed by atoms with van der Waals surface area (Å²) in [5.41, 5.74) is -0.378. The van der Waals surface area contributed by atoms with E-state index in [1.807, 2.05) is 4.90 Å². The highest BCUT2D eigenvalue weighted by atomic mass is 35.5. The molecule has 0 aromatic heterocycles. The largest absolute Gasteiger partial charge is 0.481 e. The zero-order valence-electron chi connectivity index (χ0n) is 17.9. The number of hydrogen-bond acceptors (Lipinski definition) is 5. The molecule has 2 aromatic carbocycles. The van der Waals surface area contributed by atoms with E-state index in [0.717, 1.165) is 5.69 Å². The van der Waals surface area contributed by atoms with Crippen molar-refractivity contribution in [2.75, 3.05) is 29.7 Å². The average Bonchev–Trinajstić information content (AvgIpc) is 2.78. The molecule has 178 valence electrons. The fourth-order valence-corrected chi connectivity index (χ4v) is 3.73. The van der Waals surface area contributed by atoms with Crippen LogP contribution in [-0.4, -0.2) is 58.6 Å². The first-order chi connectivity index (χ1) is 15.8. The van der Waals surface area contributed by atoms with Gasteiger partial charge < -0.3 is 25.2 Å². The normalized spacial score (nSPS) is 12.4. The molecule has 8 nitrogen and oxygen atoms in total. The number of halogens is 2. The number of aliphatic carboxylic acids is 2. The van der Waals surface area contributed by atoms with Crippen LogP contribution in [0.5, 0.6) is 5.75 Å². The van der Waals surface area contributed by atoms with Crippen LogP contribution in [0.3, 0.4) is 0 Å². The molecule has 10 heteroatoms. The topological polar surface area (TPSA) is 116 Å². The molecule has 3 N–H and O–H groups in total. The Kier molecular flexibility index (Phi) is 10.3. The van der Waals surface area contributed by atoms with Crippen molar-refractivity contribution in [2.45, 2.75) is 24.8 Å². The van der Waals surface area contributed by atoms with Crippen molar-refractivity contribution in [3.8, 4) is 5.75 Å². The van der Waals surface area contributed by atoms with E-state index in [1.165, 1.54) is 0 Å². The Morgan fingerprint density at radius 1 is 0.939 bits per heavy atom. The molecule has 0 bridgehead atoms. The number of alkyl halides is 2. The summed E-state index contributed by atoms with van der Waals surface area (Å²) >= 11 is 11.7. The lowest BCUT2D eigenvalue weighted by molar-refractivity contribution is -0.145. The monoisotopic (exact) mass is 496 g/mol. The van der Waals surface area contributed by atoms with Crippen molar-refractivity contribution >= 4 is 46.9 Å². The van der Waals surface area contributed by atoms with Crippen LogP contribution < -0.4 is 15.0 Å². The number of hydrogen-bond donors (Lipinski definition) is 3. The third-order valence-corrected chi connectivity index (χ3v) is 5.32. The predicted molar refractivity (Wildman–Crippen MR) is 127 cm³/mol. The van der Waals surface area contributed by atoms with Gasteiger partial charge in [0.2, 0.25) is 0 Å². The predicted octanol–water partition coefficient (Wildman–Crippen LogP) is 3.99. The standard InChI is InChI=1S/C23H26Cl2N2O6/c24-12-14-27(15-13-25)18-6-8-19(9-7-18)33-22(32)26-23(21(30)31,11-10-20(28)29)16-17-4-2-1-3-5-17/h1-9H,10-16H2,(H,26,32)(H,28,29)(H,30,31)/t23-/m1/s1. The van der Waals surface area contributed by atoms with Gasteiger partial charge in [-0.3, -0.25) is 4.79 Å². The van der Waals surface area contributed by atoms with Gasteiger partial charge in [-0.1, -0.05) is 30.3 Å². The highest BCUT2D eigenvalue weighted by Crippen LogP contribution is 2.23.